The van der Waals surface area contributed by atoms with Crippen molar-refractivity contribution in [3.05, 3.63) is 27.4 Å². The van der Waals surface area contributed by atoms with E-state index in [1.807, 2.05) is 27.7 Å². The molecule has 1 aliphatic heterocycles. The summed E-state index contributed by atoms with van der Waals surface area (Å²) < 4.78 is 0. The van der Waals surface area contributed by atoms with Gasteiger partial charge in [-0.1, -0.05) is 20.8 Å². The predicted octanol–water partition coefficient (Wildman–Crippen LogP) is 0.810. The Balaban J connectivity index is 2.36. The molecule has 1 aromatic heterocycles. The third-order valence-electron chi connectivity index (χ3n) is 3.68. The molecule has 1 amide bonds. The Morgan fingerprint density at radius 3 is 2.57 bits per heavy atom. The number of hydrogen-bond donors (Lipinski definition) is 2. The summed E-state index contributed by atoms with van der Waals surface area (Å²) >= 11 is 0. The molecule has 2 N–H and O–H groups in total. The van der Waals surface area contributed by atoms with Crippen molar-refractivity contribution in [1.29, 1.82) is 0 Å². The molecule has 1 saturated heterocycles. The van der Waals surface area contributed by atoms with E-state index in [2.05, 4.69) is 15.3 Å². The van der Waals surface area contributed by atoms with Crippen LogP contribution in [0.15, 0.2) is 4.79 Å². The molecule has 0 spiro atoms. The van der Waals surface area contributed by atoms with Gasteiger partial charge in [0.05, 0.1) is 5.69 Å². The second-order valence-electron chi connectivity index (χ2n) is 6.73. The van der Waals surface area contributed by atoms with Crippen LogP contribution in [0.4, 0.5) is 0 Å². The number of nitrogens with one attached hydrogen (secondary N) is 2. The summed E-state index contributed by atoms with van der Waals surface area (Å²) in [5, 5.41) is 3.28. The summed E-state index contributed by atoms with van der Waals surface area (Å²) in [6.07, 6.45) is 0. The molecule has 1 fully saturated rings. The van der Waals surface area contributed by atoms with Crippen molar-refractivity contribution in [1.82, 2.24) is 20.2 Å². The Hall–Kier alpha value is -1.69. The van der Waals surface area contributed by atoms with Gasteiger partial charge in [0.15, 0.2) is 0 Å². The molecule has 2 heterocycles. The van der Waals surface area contributed by atoms with E-state index < -0.39 is 0 Å². The minimum atomic E-state index is -0.344. The number of aromatic amines is 1. The number of piperazine rings is 1. The fourth-order valence-corrected chi connectivity index (χ4v) is 2.47. The number of H-pyrrole nitrogens is 1. The third kappa shape index (κ3) is 3.32. The van der Waals surface area contributed by atoms with Gasteiger partial charge in [0.2, 0.25) is 0 Å². The zero-order valence-corrected chi connectivity index (χ0v) is 13.4. The highest BCUT2D eigenvalue weighted by atomic mass is 16.2. The Labute approximate surface area is 125 Å². The van der Waals surface area contributed by atoms with Gasteiger partial charge in [0, 0.05) is 31.1 Å². The van der Waals surface area contributed by atoms with Crippen LogP contribution < -0.4 is 10.9 Å². The first kappa shape index (κ1) is 15.7. The van der Waals surface area contributed by atoms with Gasteiger partial charge in [-0.05, 0) is 13.8 Å². The maximum absolute atomic E-state index is 12.6. The average molecular weight is 292 g/mol. The highest BCUT2D eigenvalue weighted by molar-refractivity contribution is 5.95. The van der Waals surface area contributed by atoms with Crippen molar-refractivity contribution in [2.24, 2.45) is 0 Å². The number of rotatable bonds is 1. The summed E-state index contributed by atoms with van der Waals surface area (Å²) in [5.41, 5.74) is 0.0651. The highest BCUT2D eigenvalue weighted by Crippen LogP contribution is 2.18. The Kier molecular flexibility index (Phi) is 4.18. The van der Waals surface area contributed by atoms with E-state index in [1.165, 1.54) is 0 Å². The predicted molar refractivity (Wildman–Crippen MR) is 81.7 cm³/mol. The van der Waals surface area contributed by atoms with Crippen molar-refractivity contribution in [2.45, 2.75) is 46.1 Å². The molecule has 6 heteroatoms. The fraction of sp³-hybridized carbons (Fsp3) is 0.667. The van der Waals surface area contributed by atoms with E-state index in [1.54, 1.807) is 11.8 Å². The van der Waals surface area contributed by atoms with Crippen LogP contribution in [0.2, 0.25) is 0 Å². The molecular weight excluding hydrogens is 268 g/mol. The molecule has 1 aliphatic rings. The molecule has 116 valence electrons. The second kappa shape index (κ2) is 5.60. The van der Waals surface area contributed by atoms with E-state index in [-0.39, 0.29) is 28.5 Å². The third-order valence-corrected chi connectivity index (χ3v) is 3.68. The highest BCUT2D eigenvalue weighted by Gasteiger charge is 2.27. The van der Waals surface area contributed by atoms with Crippen LogP contribution in [0, 0.1) is 6.92 Å². The molecule has 21 heavy (non-hydrogen) atoms. The van der Waals surface area contributed by atoms with Crippen molar-refractivity contribution < 1.29 is 4.79 Å². The molecular formula is C15H24N4O2. The van der Waals surface area contributed by atoms with Gasteiger partial charge in [-0.3, -0.25) is 9.59 Å². The lowest BCUT2D eigenvalue weighted by Crippen LogP contribution is -2.52. The van der Waals surface area contributed by atoms with E-state index in [0.29, 0.717) is 24.6 Å². The van der Waals surface area contributed by atoms with Crippen molar-refractivity contribution >= 4 is 5.91 Å². The van der Waals surface area contributed by atoms with Gasteiger partial charge in [-0.15, -0.1) is 0 Å². The first-order chi connectivity index (χ1) is 9.70. The molecule has 1 aromatic rings. The van der Waals surface area contributed by atoms with Crippen LogP contribution in [0.1, 0.15) is 49.6 Å². The topological polar surface area (TPSA) is 78.1 Å². The number of aromatic nitrogens is 2. The molecule has 0 radical (unpaired) electrons. The standard InChI is InChI=1S/C15H24N4O2/c1-9-8-19(7-6-16-9)13(21)11-10(2)17-14(15(3,4)5)18-12(11)20/h9,16H,6-8H2,1-5H3,(H,17,18,20). The molecule has 0 aliphatic carbocycles. The van der Waals surface area contributed by atoms with Gasteiger partial charge in [0.25, 0.3) is 11.5 Å². The van der Waals surface area contributed by atoms with Gasteiger partial charge in [-0.25, -0.2) is 4.98 Å². The zero-order chi connectivity index (χ0) is 15.8. The fourth-order valence-electron chi connectivity index (χ4n) is 2.47. The maximum atomic E-state index is 12.6. The van der Waals surface area contributed by atoms with Crippen LogP contribution in [-0.4, -0.2) is 46.5 Å². The molecule has 6 nitrogen and oxygen atoms in total. The normalized spacial score (nSPS) is 19.7. The van der Waals surface area contributed by atoms with E-state index in [4.69, 9.17) is 0 Å². The van der Waals surface area contributed by atoms with Crippen molar-refractivity contribution in [3.63, 3.8) is 0 Å². The largest absolute Gasteiger partial charge is 0.336 e. The summed E-state index contributed by atoms with van der Waals surface area (Å²) in [5.74, 6) is 0.380. The number of nitrogens with zero attached hydrogens (tertiary/aromatic N) is 2. The molecule has 1 unspecified atom stereocenters. The Bertz CT molecular complexity index is 601. The van der Waals surface area contributed by atoms with Gasteiger partial charge in [0.1, 0.15) is 11.4 Å². The molecule has 0 saturated carbocycles. The van der Waals surface area contributed by atoms with E-state index in [9.17, 15) is 9.59 Å². The van der Waals surface area contributed by atoms with E-state index >= 15 is 0 Å². The number of hydrogen-bond acceptors (Lipinski definition) is 4. The van der Waals surface area contributed by atoms with Crippen LogP contribution in [0.5, 0.6) is 0 Å². The number of aryl methyl sites for hydroxylation is 1. The summed E-state index contributed by atoms with van der Waals surface area (Å²) in [4.78, 5) is 33.8. The summed E-state index contributed by atoms with van der Waals surface area (Å²) in [6, 6.07) is 0.240. The first-order valence-electron chi connectivity index (χ1n) is 7.34. The zero-order valence-electron chi connectivity index (χ0n) is 13.4. The SMILES string of the molecule is Cc1nc(C(C)(C)C)[nH]c(=O)c1C(=O)N1CCNC(C)C1. The molecule has 0 aromatic carbocycles. The first-order valence-corrected chi connectivity index (χ1v) is 7.34. The molecule has 2 rings (SSSR count). The quantitative estimate of drug-likeness (QED) is 0.803. The Morgan fingerprint density at radius 1 is 1.38 bits per heavy atom. The van der Waals surface area contributed by atoms with Crippen LogP contribution in [-0.2, 0) is 5.41 Å². The number of carbonyl (C=O) groups is 1. The lowest BCUT2D eigenvalue weighted by Gasteiger charge is -2.32. The van der Waals surface area contributed by atoms with Gasteiger partial charge in [-0.2, -0.15) is 0 Å². The van der Waals surface area contributed by atoms with Gasteiger partial charge >= 0.3 is 0 Å². The second-order valence-corrected chi connectivity index (χ2v) is 6.73. The monoisotopic (exact) mass is 292 g/mol. The van der Waals surface area contributed by atoms with Crippen LogP contribution in [0.3, 0.4) is 0 Å². The number of amides is 1. The van der Waals surface area contributed by atoms with Crippen LogP contribution >= 0.6 is 0 Å². The van der Waals surface area contributed by atoms with Gasteiger partial charge < -0.3 is 15.2 Å². The summed E-state index contributed by atoms with van der Waals surface area (Å²) in [7, 11) is 0. The van der Waals surface area contributed by atoms with Crippen molar-refractivity contribution in [3.8, 4) is 0 Å². The molecule has 1 atom stereocenters. The van der Waals surface area contributed by atoms with E-state index in [0.717, 1.165) is 6.54 Å². The molecule has 0 bridgehead atoms. The average Bonchev–Trinajstić information content (AvgIpc) is 2.36. The smallest absolute Gasteiger partial charge is 0.264 e. The minimum absolute atomic E-state index is 0.164. The minimum Gasteiger partial charge on any atom is -0.336 e. The van der Waals surface area contributed by atoms with Crippen LogP contribution in [0.25, 0.3) is 0 Å². The summed E-state index contributed by atoms with van der Waals surface area (Å²) in [6.45, 7) is 11.7. The maximum Gasteiger partial charge on any atom is 0.264 e. The Morgan fingerprint density at radius 2 is 2.05 bits per heavy atom. The lowest BCUT2D eigenvalue weighted by molar-refractivity contribution is 0.0705. The number of carbonyl (C=O) groups excluding carboxylic acids is 1. The van der Waals surface area contributed by atoms with Crippen molar-refractivity contribution in [2.75, 3.05) is 19.6 Å². The lowest BCUT2D eigenvalue weighted by atomic mass is 9.95.